The van der Waals surface area contributed by atoms with Gasteiger partial charge in [-0.2, -0.15) is 0 Å². The number of benzene rings is 2. The minimum atomic E-state index is -3.43. The highest BCUT2D eigenvalue weighted by atomic mass is 35.5. The first-order valence-electron chi connectivity index (χ1n) is 11.5. The molecule has 2 aromatic carbocycles. The standard InChI is InChI=1S/C25H32ClN3O3S2/c1-5-28(6-2)13-14-29(25-27-24-19(4)16-20(26)17-22(24)33-25)23(30)8-7-15-34(31,32)21-11-9-18(3)10-12-21/h9-12,16-17H,5-8,13-15H2,1-4H3. The predicted molar refractivity (Wildman–Crippen MR) is 142 cm³/mol. The smallest absolute Gasteiger partial charge is 0.228 e. The monoisotopic (exact) mass is 521 g/mol. The Kier molecular flexibility index (Phi) is 9.09. The molecule has 0 saturated heterocycles. The molecule has 3 aromatic rings. The number of carbonyl (C=O) groups excluding carboxylic acids is 1. The summed E-state index contributed by atoms with van der Waals surface area (Å²) < 4.78 is 26.3. The van der Waals surface area contributed by atoms with Gasteiger partial charge in [0.2, 0.25) is 5.91 Å². The van der Waals surface area contributed by atoms with Crippen molar-refractivity contribution in [3.05, 3.63) is 52.5 Å². The predicted octanol–water partition coefficient (Wildman–Crippen LogP) is 5.50. The van der Waals surface area contributed by atoms with Crippen molar-refractivity contribution in [3.63, 3.8) is 0 Å². The Morgan fingerprint density at radius 1 is 1.06 bits per heavy atom. The summed E-state index contributed by atoms with van der Waals surface area (Å²) in [6.07, 6.45) is 0.394. The van der Waals surface area contributed by atoms with E-state index in [0.717, 1.165) is 41.0 Å². The number of hydrogen-bond donors (Lipinski definition) is 0. The number of sulfone groups is 1. The average molecular weight is 522 g/mol. The Morgan fingerprint density at radius 2 is 1.74 bits per heavy atom. The maximum Gasteiger partial charge on any atom is 0.228 e. The van der Waals surface area contributed by atoms with Crippen LogP contribution in [0.5, 0.6) is 0 Å². The lowest BCUT2D eigenvalue weighted by atomic mass is 10.2. The van der Waals surface area contributed by atoms with Crippen LogP contribution in [0.4, 0.5) is 5.13 Å². The Balaban J connectivity index is 1.77. The number of likely N-dealkylation sites (N-methyl/N-ethyl adjacent to an activating group) is 1. The second-order valence-corrected chi connectivity index (χ2v) is 11.9. The molecular weight excluding hydrogens is 490 g/mol. The van der Waals surface area contributed by atoms with Crippen LogP contribution in [0.15, 0.2) is 41.3 Å². The molecule has 34 heavy (non-hydrogen) atoms. The van der Waals surface area contributed by atoms with Gasteiger partial charge >= 0.3 is 0 Å². The van der Waals surface area contributed by atoms with Crippen molar-refractivity contribution < 1.29 is 13.2 Å². The maximum absolute atomic E-state index is 13.3. The number of carbonyl (C=O) groups is 1. The van der Waals surface area contributed by atoms with Gasteiger partial charge in [-0.1, -0.05) is 54.5 Å². The van der Waals surface area contributed by atoms with Crippen molar-refractivity contribution in [3.8, 4) is 0 Å². The zero-order valence-electron chi connectivity index (χ0n) is 20.2. The van der Waals surface area contributed by atoms with Crippen molar-refractivity contribution in [1.29, 1.82) is 0 Å². The average Bonchev–Trinajstić information content (AvgIpc) is 3.21. The highest BCUT2D eigenvalue weighted by Crippen LogP contribution is 2.33. The number of amides is 1. The number of anilines is 1. The third kappa shape index (κ3) is 6.56. The van der Waals surface area contributed by atoms with E-state index in [0.29, 0.717) is 21.6 Å². The number of aromatic nitrogens is 1. The highest BCUT2D eigenvalue weighted by molar-refractivity contribution is 7.91. The molecular formula is C25H32ClN3O3S2. The van der Waals surface area contributed by atoms with Gasteiger partial charge in [-0.3, -0.25) is 9.69 Å². The third-order valence-electron chi connectivity index (χ3n) is 5.89. The van der Waals surface area contributed by atoms with Gasteiger partial charge in [-0.25, -0.2) is 13.4 Å². The fourth-order valence-corrected chi connectivity index (χ4v) is 6.55. The molecule has 0 aliphatic carbocycles. The Labute approximate surface area is 211 Å². The Bertz CT molecular complexity index is 1240. The van der Waals surface area contributed by atoms with E-state index in [1.54, 1.807) is 29.2 Å². The van der Waals surface area contributed by atoms with Gasteiger partial charge in [0, 0.05) is 24.5 Å². The molecule has 1 amide bonds. The topological polar surface area (TPSA) is 70.6 Å². The molecule has 184 valence electrons. The molecule has 0 fully saturated rings. The largest absolute Gasteiger partial charge is 0.302 e. The van der Waals surface area contributed by atoms with Crippen LogP contribution in [0.2, 0.25) is 5.02 Å². The van der Waals surface area contributed by atoms with E-state index in [1.807, 2.05) is 26.0 Å². The molecule has 3 rings (SSSR count). The SMILES string of the molecule is CCN(CC)CCN(C(=O)CCCS(=O)(=O)c1ccc(C)cc1)c1nc2c(C)cc(Cl)cc2s1. The summed E-state index contributed by atoms with van der Waals surface area (Å²) in [6.45, 7) is 11.1. The molecule has 0 unspecified atom stereocenters. The lowest BCUT2D eigenvalue weighted by molar-refractivity contribution is -0.118. The van der Waals surface area contributed by atoms with Crippen LogP contribution in [0.1, 0.15) is 37.8 Å². The summed E-state index contributed by atoms with van der Waals surface area (Å²) in [5.41, 5.74) is 2.81. The molecule has 1 aromatic heterocycles. The summed E-state index contributed by atoms with van der Waals surface area (Å²) in [5.74, 6) is -0.186. The van der Waals surface area contributed by atoms with Crippen LogP contribution < -0.4 is 4.90 Å². The van der Waals surface area contributed by atoms with Gasteiger partial charge in [0.25, 0.3) is 0 Å². The second kappa shape index (κ2) is 11.6. The Morgan fingerprint density at radius 3 is 2.38 bits per heavy atom. The third-order valence-corrected chi connectivity index (χ3v) is 8.95. The van der Waals surface area contributed by atoms with E-state index < -0.39 is 9.84 Å². The first-order chi connectivity index (χ1) is 16.1. The Hall–Kier alpha value is -2.00. The lowest BCUT2D eigenvalue weighted by Gasteiger charge is -2.24. The first-order valence-corrected chi connectivity index (χ1v) is 14.4. The van der Waals surface area contributed by atoms with Crippen molar-refractivity contribution in [2.24, 2.45) is 0 Å². The number of halogens is 1. The molecule has 0 aliphatic heterocycles. The number of thiazole rings is 1. The van der Waals surface area contributed by atoms with E-state index in [9.17, 15) is 13.2 Å². The number of hydrogen-bond acceptors (Lipinski definition) is 6. The minimum Gasteiger partial charge on any atom is -0.302 e. The fraction of sp³-hybridized carbons (Fsp3) is 0.440. The molecule has 0 bridgehead atoms. The molecule has 0 radical (unpaired) electrons. The van der Waals surface area contributed by atoms with Crippen LogP contribution >= 0.6 is 22.9 Å². The van der Waals surface area contributed by atoms with Gasteiger partial charge in [0.15, 0.2) is 15.0 Å². The maximum atomic E-state index is 13.3. The molecule has 1 heterocycles. The zero-order valence-corrected chi connectivity index (χ0v) is 22.6. The molecule has 0 saturated carbocycles. The summed E-state index contributed by atoms with van der Waals surface area (Å²) in [4.78, 5) is 22.3. The van der Waals surface area contributed by atoms with E-state index in [4.69, 9.17) is 16.6 Å². The van der Waals surface area contributed by atoms with Crippen LogP contribution in [-0.2, 0) is 14.6 Å². The quantitative estimate of drug-likeness (QED) is 0.333. The van der Waals surface area contributed by atoms with Crippen molar-refractivity contribution in [2.75, 3.05) is 36.8 Å². The number of rotatable bonds is 11. The summed E-state index contributed by atoms with van der Waals surface area (Å²) in [5, 5.41) is 1.27. The van der Waals surface area contributed by atoms with Crippen LogP contribution in [0, 0.1) is 13.8 Å². The highest BCUT2D eigenvalue weighted by Gasteiger charge is 2.22. The number of aryl methyl sites for hydroxylation is 2. The van der Waals surface area contributed by atoms with Crippen LogP contribution in [0.3, 0.4) is 0 Å². The minimum absolute atomic E-state index is 0.0692. The molecule has 0 aliphatic rings. The van der Waals surface area contributed by atoms with Gasteiger partial charge < -0.3 is 4.90 Å². The molecule has 0 spiro atoms. The molecule has 0 N–H and O–H groups in total. The molecule has 0 atom stereocenters. The second-order valence-electron chi connectivity index (χ2n) is 8.37. The van der Waals surface area contributed by atoms with E-state index >= 15 is 0 Å². The zero-order chi connectivity index (χ0) is 24.9. The number of nitrogens with zero attached hydrogens (tertiary/aromatic N) is 3. The van der Waals surface area contributed by atoms with Crippen LogP contribution in [-0.4, -0.2) is 56.1 Å². The summed E-state index contributed by atoms with van der Waals surface area (Å²) in [6, 6.07) is 10.6. The van der Waals surface area contributed by atoms with E-state index in [1.165, 1.54) is 11.3 Å². The summed E-state index contributed by atoms with van der Waals surface area (Å²) in [7, 11) is -3.43. The lowest BCUT2D eigenvalue weighted by Crippen LogP contribution is -2.38. The van der Waals surface area contributed by atoms with Crippen molar-refractivity contribution >= 4 is 54.0 Å². The van der Waals surface area contributed by atoms with Crippen molar-refractivity contribution in [1.82, 2.24) is 9.88 Å². The normalized spacial score (nSPS) is 11.9. The summed E-state index contributed by atoms with van der Waals surface area (Å²) >= 11 is 7.66. The molecule has 9 heteroatoms. The van der Waals surface area contributed by atoms with Gasteiger partial charge in [0.05, 0.1) is 20.9 Å². The van der Waals surface area contributed by atoms with Crippen LogP contribution in [0.25, 0.3) is 10.2 Å². The van der Waals surface area contributed by atoms with E-state index in [-0.39, 0.29) is 24.5 Å². The fourth-order valence-electron chi connectivity index (χ4n) is 3.78. The van der Waals surface area contributed by atoms with Gasteiger partial charge in [0.1, 0.15) is 0 Å². The van der Waals surface area contributed by atoms with Crippen molar-refractivity contribution in [2.45, 2.75) is 45.4 Å². The van der Waals surface area contributed by atoms with Gasteiger partial charge in [-0.05, 0) is 63.2 Å². The number of fused-ring (bicyclic) bond motifs is 1. The van der Waals surface area contributed by atoms with E-state index in [2.05, 4.69) is 18.7 Å². The van der Waals surface area contributed by atoms with Gasteiger partial charge in [-0.15, -0.1) is 0 Å². The molecule has 6 nitrogen and oxygen atoms in total. The first kappa shape index (κ1) is 26.6.